The predicted octanol–water partition coefficient (Wildman–Crippen LogP) is 1.27. The van der Waals surface area contributed by atoms with Gasteiger partial charge >= 0.3 is 0 Å². The van der Waals surface area contributed by atoms with Crippen LogP contribution in [0.1, 0.15) is 39.0 Å². The molecule has 9 heteroatoms. The van der Waals surface area contributed by atoms with Crippen molar-refractivity contribution in [3.05, 3.63) is 24.3 Å². The molecular formula is C16H27N3O4S2. The SMILES string of the molecule is CCCCN1CCCCC1CNS(=O)(=O)c1ccc(S(N)(=O)=O)cc1. The number of piperidine rings is 1. The summed E-state index contributed by atoms with van der Waals surface area (Å²) in [6.45, 7) is 4.51. The Labute approximate surface area is 150 Å². The number of nitrogens with zero attached hydrogens (tertiary/aromatic N) is 1. The molecule has 0 amide bonds. The zero-order valence-corrected chi connectivity index (χ0v) is 16.2. The highest BCUT2D eigenvalue weighted by atomic mass is 32.2. The van der Waals surface area contributed by atoms with E-state index >= 15 is 0 Å². The fraction of sp³-hybridized carbons (Fsp3) is 0.625. The lowest BCUT2D eigenvalue weighted by Gasteiger charge is -2.35. The fourth-order valence-corrected chi connectivity index (χ4v) is 4.63. The molecular weight excluding hydrogens is 362 g/mol. The number of benzene rings is 1. The Bertz CT molecular complexity index is 761. The highest BCUT2D eigenvalue weighted by molar-refractivity contribution is 7.89. The summed E-state index contributed by atoms with van der Waals surface area (Å²) in [5, 5.41) is 5.03. The standard InChI is InChI=1S/C16H27N3O4S2/c1-2-3-11-19-12-5-4-6-14(19)13-18-25(22,23)16-9-7-15(8-10-16)24(17,20)21/h7-10,14,18H,2-6,11-13H2,1H3,(H2,17,20,21). The molecule has 1 heterocycles. The Morgan fingerprint density at radius 2 is 1.76 bits per heavy atom. The van der Waals surface area contributed by atoms with Gasteiger partial charge in [-0.05, 0) is 56.6 Å². The van der Waals surface area contributed by atoms with Crippen molar-refractivity contribution in [2.45, 2.75) is 54.9 Å². The third-order valence-corrected chi connectivity index (χ3v) is 6.89. The average Bonchev–Trinajstić information content (AvgIpc) is 2.58. The molecule has 1 unspecified atom stereocenters. The van der Waals surface area contributed by atoms with Crippen LogP contribution in [-0.4, -0.2) is 47.4 Å². The summed E-state index contributed by atoms with van der Waals surface area (Å²) in [6, 6.07) is 5.14. The Hall–Kier alpha value is -1.00. The van der Waals surface area contributed by atoms with Crippen LogP contribution in [0.2, 0.25) is 0 Å². The molecule has 1 fully saturated rings. The number of sulfonamides is 2. The van der Waals surface area contributed by atoms with Gasteiger partial charge < -0.3 is 0 Å². The molecule has 142 valence electrons. The van der Waals surface area contributed by atoms with Crippen LogP contribution in [-0.2, 0) is 20.0 Å². The second-order valence-electron chi connectivity index (χ2n) is 6.41. The minimum absolute atomic E-state index is 0.0378. The monoisotopic (exact) mass is 389 g/mol. The summed E-state index contributed by atoms with van der Waals surface area (Å²) >= 11 is 0. The molecule has 0 saturated carbocycles. The van der Waals surface area contributed by atoms with Crippen LogP contribution in [0, 0.1) is 0 Å². The molecule has 0 aromatic heterocycles. The molecule has 0 bridgehead atoms. The van der Waals surface area contributed by atoms with Crippen molar-refractivity contribution in [3.8, 4) is 0 Å². The lowest BCUT2D eigenvalue weighted by molar-refractivity contribution is 0.148. The van der Waals surface area contributed by atoms with Crippen LogP contribution in [0.5, 0.6) is 0 Å². The maximum absolute atomic E-state index is 12.4. The number of primary sulfonamides is 1. The molecule has 1 saturated heterocycles. The van der Waals surface area contributed by atoms with Crippen molar-refractivity contribution in [3.63, 3.8) is 0 Å². The van der Waals surface area contributed by atoms with Gasteiger partial charge in [-0.1, -0.05) is 19.8 Å². The van der Waals surface area contributed by atoms with Gasteiger partial charge in [0.15, 0.2) is 0 Å². The molecule has 1 aliphatic rings. The van der Waals surface area contributed by atoms with E-state index in [1.54, 1.807) is 0 Å². The Morgan fingerprint density at radius 3 is 2.36 bits per heavy atom. The van der Waals surface area contributed by atoms with Crippen molar-refractivity contribution in [2.75, 3.05) is 19.6 Å². The van der Waals surface area contributed by atoms with Gasteiger partial charge in [-0.3, -0.25) is 4.90 Å². The number of unbranched alkanes of at least 4 members (excludes halogenated alkanes) is 1. The zero-order chi connectivity index (χ0) is 18.5. The van der Waals surface area contributed by atoms with E-state index in [-0.39, 0.29) is 15.8 Å². The third kappa shape index (κ3) is 5.75. The second kappa shape index (κ2) is 8.59. The van der Waals surface area contributed by atoms with E-state index in [9.17, 15) is 16.8 Å². The Kier molecular flexibility index (Phi) is 6.98. The molecule has 25 heavy (non-hydrogen) atoms. The topological polar surface area (TPSA) is 110 Å². The zero-order valence-electron chi connectivity index (χ0n) is 14.5. The van der Waals surface area contributed by atoms with E-state index in [0.29, 0.717) is 6.54 Å². The van der Waals surface area contributed by atoms with Gasteiger partial charge in [-0.2, -0.15) is 0 Å². The highest BCUT2D eigenvalue weighted by Gasteiger charge is 2.24. The number of hydrogen-bond acceptors (Lipinski definition) is 5. The van der Waals surface area contributed by atoms with E-state index in [2.05, 4.69) is 16.5 Å². The number of rotatable bonds is 8. The summed E-state index contributed by atoms with van der Waals surface area (Å²) < 4.78 is 50.1. The molecule has 1 atom stereocenters. The summed E-state index contributed by atoms with van der Waals surface area (Å²) in [5.41, 5.74) is 0. The number of nitrogens with one attached hydrogen (secondary N) is 1. The van der Waals surface area contributed by atoms with Crippen molar-refractivity contribution in [1.29, 1.82) is 0 Å². The minimum Gasteiger partial charge on any atom is -0.299 e. The van der Waals surface area contributed by atoms with Crippen LogP contribution in [0.15, 0.2) is 34.1 Å². The molecule has 1 aliphatic heterocycles. The Balaban J connectivity index is 2.02. The first-order valence-corrected chi connectivity index (χ1v) is 11.6. The van der Waals surface area contributed by atoms with Crippen LogP contribution >= 0.6 is 0 Å². The van der Waals surface area contributed by atoms with E-state index in [0.717, 1.165) is 45.2 Å². The molecule has 1 aromatic rings. The van der Waals surface area contributed by atoms with Gasteiger partial charge in [-0.15, -0.1) is 0 Å². The summed E-state index contributed by atoms with van der Waals surface area (Å²) in [5.74, 6) is 0. The molecule has 7 nitrogen and oxygen atoms in total. The van der Waals surface area contributed by atoms with Crippen LogP contribution in [0.4, 0.5) is 0 Å². The lowest BCUT2D eigenvalue weighted by Crippen LogP contribution is -2.46. The first-order valence-electron chi connectivity index (χ1n) is 8.60. The smallest absolute Gasteiger partial charge is 0.240 e. The fourth-order valence-electron chi connectivity index (χ4n) is 3.04. The van der Waals surface area contributed by atoms with Crippen LogP contribution in [0.3, 0.4) is 0 Å². The largest absolute Gasteiger partial charge is 0.299 e. The van der Waals surface area contributed by atoms with Gasteiger partial charge in [0.2, 0.25) is 20.0 Å². The number of likely N-dealkylation sites (tertiary alicyclic amines) is 1. The first kappa shape index (κ1) is 20.3. The van der Waals surface area contributed by atoms with Crippen molar-refractivity contribution < 1.29 is 16.8 Å². The Morgan fingerprint density at radius 1 is 1.12 bits per heavy atom. The summed E-state index contributed by atoms with van der Waals surface area (Å²) in [6.07, 6.45) is 5.47. The van der Waals surface area contributed by atoms with Gasteiger partial charge in [-0.25, -0.2) is 26.7 Å². The molecule has 0 spiro atoms. The lowest BCUT2D eigenvalue weighted by atomic mass is 10.0. The van der Waals surface area contributed by atoms with Crippen molar-refractivity contribution in [2.24, 2.45) is 5.14 Å². The van der Waals surface area contributed by atoms with Crippen molar-refractivity contribution >= 4 is 20.0 Å². The quantitative estimate of drug-likeness (QED) is 0.696. The van der Waals surface area contributed by atoms with Gasteiger partial charge in [0, 0.05) is 12.6 Å². The van der Waals surface area contributed by atoms with Crippen LogP contribution < -0.4 is 9.86 Å². The average molecular weight is 390 g/mol. The first-order chi connectivity index (χ1) is 11.7. The predicted molar refractivity (Wildman–Crippen MR) is 97.1 cm³/mol. The van der Waals surface area contributed by atoms with E-state index < -0.39 is 20.0 Å². The number of hydrogen-bond donors (Lipinski definition) is 2. The maximum Gasteiger partial charge on any atom is 0.240 e. The molecule has 0 radical (unpaired) electrons. The third-order valence-electron chi connectivity index (χ3n) is 4.52. The van der Waals surface area contributed by atoms with Crippen molar-refractivity contribution in [1.82, 2.24) is 9.62 Å². The molecule has 0 aliphatic carbocycles. The molecule has 3 N–H and O–H groups in total. The van der Waals surface area contributed by atoms with Gasteiger partial charge in [0.05, 0.1) is 9.79 Å². The van der Waals surface area contributed by atoms with Crippen LogP contribution in [0.25, 0.3) is 0 Å². The summed E-state index contributed by atoms with van der Waals surface area (Å²) in [4.78, 5) is 2.29. The maximum atomic E-state index is 12.4. The second-order valence-corrected chi connectivity index (χ2v) is 9.74. The van der Waals surface area contributed by atoms with E-state index in [4.69, 9.17) is 5.14 Å². The van der Waals surface area contributed by atoms with E-state index in [1.807, 2.05) is 0 Å². The highest BCUT2D eigenvalue weighted by Crippen LogP contribution is 2.18. The normalized spacial score (nSPS) is 19.8. The van der Waals surface area contributed by atoms with E-state index in [1.165, 1.54) is 24.3 Å². The molecule has 2 rings (SSSR count). The number of nitrogens with two attached hydrogens (primary N) is 1. The minimum atomic E-state index is -3.83. The van der Waals surface area contributed by atoms with Gasteiger partial charge in [0.1, 0.15) is 0 Å². The molecule has 1 aromatic carbocycles. The van der Waals surface area contributed by atoms with Gasteiger partial charge in [0.25, 0.3) is 0 Å². The summed E-state index contributed by atoms with van der Waals surface area (Å²) in [7, 11) is -7.51.